The van der Waals surface area contributed by atoms with Gasteiger partial charge in [0.1, 0.15) is 23.5 Å². The molecule has 0 spiro atoms. The van der Waals surface area contributed by atoms with E-state index >= 15 is 0 Å². The van der Waals surface area contributed by atoms with Crippen LogP contribution >= 0.6 is 11.8 Å². The molecule has 0 saturated carbocycles. The van der Waals surface area contributed by atoms with Crippen molar-refractivity contribution in [3.8, 4) is 0 Å². The average Bonchev–Trinajstić information content (AvgIpc) is 3.05. The smallest absolute Gasteiger partial charge is 1.00 e. The van der Waals surface area contributed by atoms with Gasteiger partial charge in [0.05, 0.1) is 17.9 Å². The van der Waals surface area contributed by atoms with Crippen LogP contribution in [-0.4, -0.2) is 43.4 Å². The molecule has 4 rings (SSSR count). The van der Waals surface area contributed by atoms with E-state index in [4.69, 9.17) is 9.84 Å². The zero-order chi connectivity index (χ0) is 14.6. The standard InChI is InChI=1S/C13H11N3O4S.Na.H/c17-11-8(12-16(11)9(6-21-12)13(18)19)3-7-4-15-1-2-20-5-10(15)14-7;;/h3-4,6,12H,1-2,5H2,(H,18,19);;/q;+1;-1/b8-3-;;. The summed E-state index contributed by atoms with van der Waals surface area (Å²) in [6.45, 7) is 1.90. The van der Waals surface area contributed by atoms with Crippen LogP contribution in [0.4, 0.5) is 0 Å². The molecular formula is C13H12N3NaO4S. The minimum absolute atomic E-state index is 0. The van der Waals surface area contributed by atoms with Gasteiger partial charge in [0, 0.05) is 18.1 Å². The largest absolute Gasteiger partial charge is 1.00 e. The molecule has 4 heterocycles. The van der Waals surface area contributed by atoms with Crippen molar-refractivity contribution in [1.29, 1.82) is 0 Å². The van der Waals surface area contributed by atoms with Gasteiger partial charge in [0.15, 0.2) is 0 Å². The Morgan fingerprint density at radius 2 is 2.41 bits per heavy atom. The van der Waals surface area contributed by atoms with Crippen molar-refractivity contribution in [3.05, 3.63) is 34.4 Å². The quantitative estimate of drug-likeness (QED) is 0.375. The van der Waals surface area contributed by atoms with Gasteiger partial charge in [-0.05, 0) is 6.08 Å². The normalized spacial score (nSPS) is 24.3. The van der Waals surface area contributed by atoms with Crippen molar-refractivity contribution in [3.63, 3.8) is 0 Å². The van der Waals surface area contributed by atoms with Gasteiger partial charge in [-0.15, -0.1) is 11.8 Å². The fraction of sp³-hybridized carbons (Fsp3) is 0.308. The van der Waals surface area contributed by atoms with Crippen LogP contribution in [0.25, 0.3) is 6.08 Å². The van der Waals surface area contributed by atoms with Crippen LogP contribution in [0.5, 0.6) is 0 Å². The predicted molar refractivity (Wildman–Crippen MR) is 74.9 cm³/mol. The molecule has 22 heavy (non-hydrogen) atoms. The molecule has 3 aliphatic heterocycles. The maximum atomic E-state index is 12.1. The molecule has 1 aromatic heterocycles. The Kier molecular flexibility index (Phi) is 4.21. The summed E-state index contributed by atoms with van der Waals surface area (Å²) in [4.78, 5) is 28.8. The van der Waals surface area contributed by atoms with Crippen molar-refractivity contribution in [2.75, 3.05) is 6.61 Å². The molecule has 0 radical (unpaired) electrons. The van der Waals surface area contributed by atoms with Gasteiger partial charge in [-0.3, -0.25) is 9.69 Å². The Labute approximate surface area is 153 Å². The number of aromatic nitrogens is 2. The first kappa shape index (κ1) is 15.8. The molecular weight excluding hydrogens is 317 g/mol. The molecule has 0 aliphatic carbocycles. The van der Waals surface area contributed by atoms with E-state index in [0.717, 1.165) is 12.4 Å². The number of ether oxygens (including phenoxy) is 1. The van der Waals surface area contributed by atoms with E-state index in [1.165, 1.54) is 22.1 Å². The number of nitrogens with zero attached hydrogens (tertiary/aromatic N) is 3. The van der Waals surface area contributed by atoms with Gasteiger partial charge in [0.25, 0.3) is 5.91 Å². The second kappa shape index (κ2) is 5.86. The maximum absolute atomic E-state index is 12.1. The summed E-state index contributed by atoms with van der Waals surface area (Å²) in [5, 5.41) is 10.3. The number of carbonyl (C=O) groups excluding carboxylic acids is 1. The Balaban J connectivity index is 0.000000960. The fourth-order valence-corrected chi connectivity index (χ4v) is 3.73. The van der Waals surface area contributed by atoms with E-state index in [2.05, 4.69) is 4.98 Å². The van der Waals surface area contributed by atoms with E-state index in [0.29, 0.717) is 24.5 Å². The van der Waals surface area contributed by atoms with E-state index in [-0.39, 0.29) is 48.0 Å². The number of rotatable bonds is 2. The van der Waals surface area contributed by atoms with Crippen LogP contribution in [-0.2, 0) is 27.5 Å². The topological polar surface area (TPSA) is 84.7 Å². The third kappa shape index (κ3) is 2.35. The first-order chi connectivity index (χ1) is 10.1. The molecule has 9 heteroatoms. The van der Waals surface area contributed by atoms with Gasteiger partial charge < -0.3 is 15.8 Å². The van der Waals surface area contributed by atoms with Crippen molar-refractivity contribution in [2.45, 2.75) is 18.5 Å². The summed E-state index contributed by atoms with van der Waals surface area (Å²) in [6, 6.07) is 0. The third-order valence-electron chi connectivity index (χ3n) is 3.64. The Bertz CT molecular complexity index is 709. The molecule has 3 aliphatic rings. The SMILES string of the molecule is O=C(O)C1=CSC2/C(=C\c3cn4c(n3)COCC4)C(=O)N12.[H-].[Na+]. The van der Waals surface area contributed by atoms with Crippen LogP contribution in [0, 0.1) is 0 Å². The van der Waals surface area contributed by atoms with Gasteiger partial charge >= 0.3 is 35.5 Å². The molecule has 0 bridgehead atoms. The van der Waals surface area contributed by atoms with E-state index in [9.17, 15) is 9.59 Å². The summed E-state index contributed by atoms with van der Waals surface area (Å²) in [5.41, 5.74) is 1.34. The van der Waals surface area contributed by atoms with Crippen LogP contribution in [0.15, 0.2) is 22.9 Å². The molecule has 1 aromatic rings. The number of carboxylic acids is 1. The monoisotopic (exact) mass is 329 g/mol. The van der Waals surface area contributed by atoms with Crippen molar-refractivity contribution in [2.24, 2.45) is 0 Å². The number of fused-ring (bicyclic) bond motifs is 2. The number of amides is 1. The summed E-state index contributed by atoms with van der Waals surface area (Å²) >= 11 is 1.33. The third-order valence-corrected chi connectivity index (χ3v) is 4.72. The van der Waals surface area contributed by atoms with E-state index in [1.54, 1.807) is 6.08 Å². The average molecular weight is 329 g/mol. The molecule has 1 atom stereocenters. The number of carboxylic acid groups (broad SMARTS) is 1. The Morgan fingerprint density at radius 1 is 1.59 bits per heavy atom. The number of hydrogen-bond donors (Lipinski definition) is 1. The van der Waals surface area contributed by atoms with Crippen LogP contribution < -0.4 is 29.6 Å². The summed E-state index contributed by atoms with van der Waals surface area (Å²) in [7, 11) is 0. The number of carbonyl (C=O) groups is 2. The zero-order valence-corrected chi connectivity index (χ0v) is 14.7. The molecule has 1 amide bonds. The number of β-lactam (4-membered cyclic amide) rings is 1. The fourth-order valence-electron chi connectivity index (χ4n) is 2.61. The second-order valence-corrected chi connectivity index (χ2v) is 5.85. The predicted octanol–water partition coefficient (Wildman–Crippen LogP) is -2.25. The summed E-state index contributed by atoms with van der Waals surface area (Å²) < 4.78 is 7.34. The van der Waals surface area contributed by atoms with Crippen molar-refractivity contribution < 1.29 is 50.4 Å². The molecule has 7 nitrogen and oxygen atoms in total. The van der Waals surface area contributed by atoms with E-state index in [1.807, 2.05) is 10.8 Å². The molecule has 1 saturated heterocycles. The van der Waals surface area contributed by atoms with Crippen LogP contribution in [0.3, 0.4) is 0 Å². The Morgan fingerprint density at radius 3 is 3.14 bits per heavy atom. The zero-order valence-electron chi connectivity index (χ0n) is 12.9. The van der Waals surface area contributed by atoms with Gasteiger partial charge in [0.2, 0.25) is 0 Å². The molecule has 1 unspecified atom stereocenters. The van der Waals surface area contributed by atoms with Crippen LogP contribution in [0.2, 0.25) is 0 Å². The number of hydrogen-bond acceptors (Lipinski definition) is 5. The molecule has 0 aromatic carbocycles. The number of imidazole rings is 1. The van der Waals surface area contributed by atoms with Gasteiger partial charge in [-0.1, -0.05) is 0 Å². The van der Waals surface area contributed by atoms with Crippen molar-refractivity contribution in [1.82, 2.24) is 14.5 Å². The first-order valence-corrected chi connectivity index (χ1v) is 7.37. The van der Waals surface area contributed by atoms with Crippen molar-refractivity contribution >= 4 is 29.7 Å². The first-order valence-electron chi connectivity index (χ1n) is 6.43. The molecule has 110 valence electrons. The number of thioether (sulfide) groups is 1. The van der Waals surface area contributed by atoms with Gasteiger partial charge in [-0.25, -0.2) is 9.78 Å². The molecule has 1 fully saturated rings. The maximum Gasteiger partial charge on any atom is 1.00 e. The second-order valence-electron chi connectivity index (χ2n) is 4.90. The van der Waals surface area contributed by atoms with Gasteiger partial charge in [-0.2, -0.15) is 0 Å². The summed E-state index contributed by atoms with van der Waals surface area (Å²) in [5.74, 6) is -0.493. The number of aliphatic carboxylic acids is 1. The summed E-state index contributed by atoms with van der Waals surface area (Å²) in [6.07, 6.45) is 3.63. The minimum atomic E-state index is -1.08. The molecule has 1 N–H and O–H groups in total. The minimum Gasteiger partial charge on any atom is -1.00 e. The van der Waals surface area contributed by atoms with Crippen LogP contribution in [0.1, 0.15) is 12.9 Å². The Hall–Kier alpha value is -1.06. The van der Waals surface area contributed by atoms with E-state index < -0.39 is 5.97 Å².